The predicted octanol–water partition coefficient (Wildman–Crippen LogP) is 3.39. The Morgan fingerprint density at radius 2 is 1.90 bits per heavy atom. The van der Waals surface area contributed by atoms with Crippen LogP contribution in [-0.2, 0) is 0 Å². The molecule has 0 radical (unpaired) electrons. The molecule has 0 aromatic heterocycles. The van der Waals surface area contributed by atoms with Crippen molar-refractivity contribution in [3.63, 3.8) is 0 Å². The number of aliphatic hydroxyl groups is 1. The molecule has 1 unspecified atom stereocenters. The molecule has 0 saturated carbocycles. The molecule has 0 fully saturated rings. The summed E-state index contributed by atoms with van der Waals surface area (Å²) in [7, 11) is 1.63. The van der Waals surface area contributed by atoms with Crippen molar-refractivity contribution in [3.05, 3.63) is 65.2 Å². The molecule has 0 bridgehead atoms. The first-order valence-corrected chi connectivity index (χ1v) is 7.22. The van der Waals surface area contributed by atoms with Gasteiger partial charge in [-0.1, -0.05) is 36.4 Å². The Morgan fingerprint density at radius 1 is 1.14 bits per heavy atom. The zero-order valence-electron chi connectivity index (χ0n) is 12.8. The molecule has 0 amide bonds. The highest BCUT2D eigenvalue weighted by atomic mass is 16.5. The Morgan fingerprint density at radius 3 is 2.62 bits per heavy atom. The number of ether oxygens (including phenoxy) is 1. The van der Waals surface area contributed by atoms with Crippen LogP contribution in [0.5, 0.6) is 5.75 Å². The number of methoxy groups -OCH3 is 1. The van der Waals surface area contributed by atoms with Crippen molar-refractivity contribution in [1.82, 2.24) is 5.32 Å². The standard InChI is InChI=1S/C18H23NO2/c1-13-7-4-5-10-17(13)14(2)19-12-18(20)15-8-6-9-16(11-15)21-3/h4-11,14,18-20H,12H2,1-3H3/t14-,18?/m0/s1. The van der Waals surface area contributed by atoms with Gasteiger partial charge in [-0.25, -0.2) is 0 Å². The van der Waals surface area contributed by atoms with Crippen molar-refractivity contribution in [3.8, 4) is 5.75 Å². The zero-order valence-corrected chi connectivity index (χ0v) is 12.8. The Bertz CT molecular complexity index is 583. The van der Waals surface area contributed by atoms with Crippen LogP contribution in [0.15, 0.2) is 48.5 Å². The van der Waals surface area contributed by atoms with Crippen LogP contribution in [0.4, 0.5) is 0 Å². The molecule has 0 heterocycles. The lowest BCUT2D eigenvalue weighted by Gasteiger charge is -2.19. The molecule has 0 spiro atoms. The van der Waals surface area contributed by atoms with Crippen molar-refractivity contribution in [1.29, 1.82) is 0 Å². The van der Waals surface area contributed by atoms with Gasteiger partial charge in [0.15, 0.2) is 0 Å². The monoisotopic (exact) mass is 285 g/mol. The van der Waals surface area contributed by atoms with Gasteiger partial charge >= 0.3 is 0 Å². The Kier molecular flexibility index (Phi) is 5.37. The molecule has 0 aliphatic rings. The van der Waals surface area contributed by atoms with Gasteiger partial charge in [-0.05, 0) is 42.7 Å². The third kappa shape index (κ3) is 4.06. The zero-order chi connectivity index (χ0) is 15.2. The molecule has 2 rings (SSSR count). The topological polar surface area (TPSA) is 41.5 Å². The normalized spacial score (nSPS) is 13.7. The smallest absolute Gasteiger partial charge is 0.119 e. The average molecular weight is 285 g/mol. The number of nitrogens with one attached hydrogen (secondary N) is 1. The second kappa shape index (κ2) is 7.25. The fourth-order valence-corrected chi connectivity index (χ4v) is 2.44. The van der Waals surface area contributed by atoms with E-state index >= 15 is 0 Å². The third-order valence-electron chi connectivity index (χ3n) is 3.75. The van der Waals surface area contributed by atoms with Crippen LogP contribution in [0.25, 0.3) is 0 Å². The fourth-order valence-electron chi connectivity index (χ4n) is 2.44. The van der Waals surface area contributed by atoms with Crippen LogP contribution in [0.1, 0.15) is 35.8 Å². The van der Waals surface area contributed by atoms with Gasteiger partial charge in [0.1, 0.15) is 5.75 Å². The lowest BCUT2D eigenvalue weighted by Crippen LogP contribution is -2.25. The van der Waals surface area contributed by atoms with Crippen molar-refractivity contribution in [2.75, 3.05) is 13.7 Å². The maximum atomic E-state index is 10.3. The summed E-state index contributed by atoms with van der Waals surface area (Å²) in [5, 5.41) is 13.7. The van der Waals surface area contributed by atoms with E-state index < -0.39 is 6.10 Å². The van der Waals surface area contributed by atoms with Gasteiger partial charge in [-0.3, -0.25) is 0 Å². The lowest BCUT2D eigenvalue weighted by molar-refractivity contribution is 0.170. The van der Waals surface area contributed by atoms with Crippen LogP contribution in [-0.4, -0.2) is 18.8 Å². The number of aliphatic hydroxyl groups excluding tert-OH is 1. The summed E-state index contributed by atoms with van der Waals surface area (Å²) in [5.74, 6) is 0.763. The van der Waals surface area contributed by atoms with Crippen LogP contribution >= 0.6 is 0 Å². The minimum absolute atomic E-state index is 0.200. The number of benzene rings is 2. The Hall–Kier alpha value is -1.84. The number of aryl methyl sites for hydroxylation is 1. The van der Waals surface area contributed by atoms with Crippen LogP contribution in [0.3, 0.4) is 0 Å². The van der Waals surface area contributed by atoms with Gasteiger partial charge < -0.3 is 15.2 Å². The minimum atomic E-state index is -0.549. The van der Waals surface area contributed by atoms with E-state index in [1.807, 2.05) is 36.4 Å². The summed E-state index contributed by atoms with van der Waals surface area (Å²) < 4.78 is 5.18. The van der Waals surface area contributed by atoms with Gasteiger partial charge in [0.2, 0.25) is 0 Å². The highest BCUT2D eigenvalue weighted by Crippen LogP contribution is 2.21. The average Bonchev–Trinajstić information content (AvgIpc) is 2.52. The molecular weight excluding hydrogens is 262 g/mol. The maximum Gasteiger partial charge on any atom is 0.119 e. The quantitative estimate of drug-likeness (QED) is 0.855. The molecule has 112 valence electrons. The molecule has 2 aromatic carbocycles. The van der Waals surface area contributed by atoms with Crippen molar-refractivity contribution >= 4 is 0 Å². The largest absolute Gasteiger partial charge is 0.497 e. The van der Waals surface area contributed by atoms with Crippen molar-refractivity contribution in [2.24, 2.45) is 0 Å². The summed E-state index contributed by atoms with van der Waals surface area (Å²) in [5.41, 5.74) is 3.38. The van der Waals surface area contributed by atoms with E-state index in [9.17, 15) is 5.11 Å². The molecule has 21 heavy (non-hydrogen) atoms. The molecule has 2 aromatic rings. The van der Waals surface area contributed by atoms with E-state index in [0.29, 0.717) is 6.54 Å². The summed E-state index contributed by atoms with van der Waals surface area (Å²) in [4.78, 5) is 0. The van der Waals surface area contributed by atoms with Crippen molar-refractivity contribution < 1.29 is 9.84 Å². The summed E-state index contributed by atoms with van der Waals surface area (Å²) in [6.07, 6.45) is -0.549. The highest BCUT2D eigenvalue weighted by molar-refractivity contribution is 5.30. The third-order valence-corrected chi connectivity index (χ3v) is 3.75. The molecule has 3 nitrogen and oxygen atoms in total. The first-order chi connectivity index (χ1) is 10.1. The van der Waals surface area contributed by atoms with Gasteiger partial charge in [0.25, 0.3) is 0 Å². The maximum absolute atomic E-state index is 10.3. The molecule has 0 saturated heterocycles. The van der Waals surface area contributed by atoms with Crippen LogP contribution in [0, 0.1) is 6.92 Å². The summed E-state index contributed by atoms with van der Waals surface area (Å²) in [6, 6.07) is 16.0. The van der Waals surface area contributed by atoms with E-state index in [1.165, 1.54) is 11.1 Å². The molecular formula is C18H23NO2. The second-order valence-corrected chi connectivity index (χ2v) is 5.28. The van der Waals surface area contributed by atoms with E-state index in [-0.39, 0.29) is 6.04 Å². The van der Waals surface area contributed by atoms with Crippen LogP contribution in [0.2, 0.25) is 0 Å². The second-order valence-electron chi connectivity index (χ2n) is 5.28. The fraction of sp³-hybridized carbons (Fsp3) is 0.333. The first-order valence-electron chi connectivity index (χ1n) is 7.22. The van der Waals surface area contributed by atoms with Gasteiger partial charge in [-0.15, -0.1) is 0 Å². The summed E-state index contributed by atoms with van der Waals surface area (Å²) >= 11 is 0. The molecule has 0 aliphatic heterocycles. The lowest BCUT2D eigenvalue weighted by atomic mass is 10.0. The van der Waals surface area contributed by atoms with Gasteiger partial charge in [-0.2, -0.15) is 0 Å². The van der Waals surface area contributed by atoms with Crippen LogP contribution < -0.4 is 10.1 Å². The molecule has 0 aliphatic carbocycles. The SMILES string of the molecule is COc1cccc(C(O)CN[C@@H](C)c2ccccc2C)c1. The minimum Gasteiger partial charge on any atom is -0.497 e. The van der Waals surface area contributed by atoms with E-state index in [2.05, 4.69) is 31.3 Å². The van der Waals surface area contributed by atoms with E-state index in [0.717, 1.165) is 11.3 Å². The Labute approximate surface area is 126 Å². The van der Waals surface area contributed by atoms with Gasteiger partial charge in [0, 0.05) is 12.6 Å². The number of hydrogen-bond donors (Lipinski definition) is 2. The first kappa shape index (κ1) is 15.5. The molecule has 2 atom stereocenters. The molecule has 3 heteroatoms. The highest BCUT2D eigenvalue weighted by Gasteiger charge is 2.12. The van der Waals surface area contributed by atoms with E-state index in [4.69, 9.17) is 4.74 Å². The van der Waals surface area contributed by atoms with Gasteiger partial charge in [0.05, 0.1) is 13.2 Å². The van der Waals surface area contributed by atoms with Crippen molar-refractivity contribution in [2.45, 2.75) is 26.0 Å². The summed E-state index contributed by atoms with van der Waals surface area (Å²) in [6.45, 7) is 4.72. The molecule has 2 N–H and O–H groups in total. The number of rotatable bonds is 6. The number of hydrogen-bond acceptors (Lipinski definition) is 3. The Balaban J connectivity index is 1.97. The van der Waals surface area contributed by atoms with E-state index in [1.54, 1.807) is 7.11 Å². The predicted molar refractivity (Wildman–Crippen MR) is 85.6 cm³/mol.